The largest absolute Gasteiger partial charge is 0.475 e. The molecule has 5 atom stereocenters. The third kappa shape index (κ3) is 4.27. The van der Waals surface area contributed by atoms with Gasteiger partial charge in [-0.05, 0) is 18.2 Å². The zero-order valence-corrected chi connectivity index (χ0v) is 13.4. The number of aliphatic hydroxyl groups is 4. The minimum Gasteiger partial charge on any atom is -0.475 e. The van der Waals surface area contributed by atoms with Crippen LogP contribution in [-0.4, -0.2) is 68.8 Å². The standard InChI is InChI=1S/C15H16ClFO8/c16-7-2-1-3-8(17)6(7)4-9(14(22)23)24-15-13(21)12(20)11(19)10(5-18)25-15/h1-4,10-13,15,18-21H,5H2,(H,22,23)/t10-,11+,12+,13-,15-/m0/s1. The molecule has 10 heteroatoms. The first-order chi connectivity index (χ1) is 11.8. The van der Waals surface area contributed by atoms with E-state index in [9.17, 15) is 29.6 Å². The van der Waals surface area contributed by atoms with E-state index in [0.29, 0.717) is 0 Å². The number of aliphatic hydroxyl groups excluding tert-OH is 4. The lowest BCUT2D eigenvalue weighted by atomic mass is 9.99. The van der Waals surface area contributed by atoms with Crippen LogP contribution in [0.2, 0.25) is 5.02 Å². The van der Waals surface area contributed by atoms with Crippen LogP contribution in [0.5, 0.6) is 0 Å². The lowest BCUT2D eigenvalue weighted by molar-refractivity contribution is -0.291. The number of carboxylic acid groups (broad SMARTS) is 1. The molecule has 1 aromatic carbocycles. The number of hydrogen-bond acceptors (Lipinski definition) is 7. The summed E-state index contributed by atoms with van der Waals surface area (Å²) in [6, 6.07) is 3.72. The van der Waals surface area contributed by atoms with Crippen LogP contribution < -0.4 is 0 Å². The Morgan fingerprint density at radius 3 is 2.52 bits per heavy atom. The van der Waals surface area contributed by atoms with Crippen LogP contribution in [0, 0.1) is 5.82 Å². The van der Waals surface area contributed by atoms with Crippen molar-refractivity contribution in [1.29, 1.82) is 0 Å². The van der Waals surface area contributed by atoms with E-state index < -0.39 is 54.9 Å². The number of carboxylic acids is 1. The average molecular weight is 379 g/mol. The van der Waals surface area contributed by atoms with Gasteiger partial charge in [0.15, 0.2) is 0 Å². The van der Waals surface area contributed by atoms with E-state index in [4.69, 9.17) is 26.2 Å². The molecular formula is C15H16ClFO8. The van der Waals surface area contributed by atoms with Crippen molar-refractivity contribution in [3.05, 3.63) is 40.4 Å². The van der Waals surface area contributed by atoms with E-state index in [1.165, 1.54) is 12.1 Å². The predicted molar refractivity (Wildman–Crippen MR) is 81.9 cm³/mol. The molecule has 2 rings (SSSR count). The number of aliphatic carboxylic acids is 1. The molecule has 8 nitrogen and oxygen atoms in total. The fraction of sp³-hybridized carbons (Fsp3) is 0.400. The van der Waals surface area contributed by atoms with Gasteiger partial charge >= 0.3 is 5.97 Å². The summed E-state index contributed by atoms with van der Waals surface area (Å²) in [7, 11) is 0. The molecule has 25 heavy (non-hydrogen) atoms. The highest BCUT2D eigenvalue weighted by Crippen LogP contribution is 2.26. The summed E-state index contributed by atoms with van der Waals surface area (Å²) in [4.78, 5) is 11.3. The minimum atomic E-state index is -1.81. The zero-order valence-electron chi connectivity index (χ0n) is 12.6. The van der Waals surface area contributed by atoms with Crippen molar-refractivity contribution >= 4 is 23.6 Å². The van der Waals surface area contributed by atoms with Crippen molar-refractivity contribution < 1.29 is 44.2 Å². The molecule has 0 aliphatic carbocycles. The molecule has 0 saturated carbocycles. The van der Waals surface area contributed by atoms with Gasteiger partial charge in [-0.3, -0.25) is 0 Å². The van der Waals surface area contributed by atoms with Crippen molar-refractivity contribution in [2.24, 2.45) is 0 Å². The van der Waals surface area contributed by atoms with E-state index in [2.05, 4.69) is 0 Å². The summed E-state index contributed by atoms with van der Waals surface area (Å²) in [5.74, 6) is -3.24. The maximum absolute atomic E-state index is 13.8. The zero-order chi connectivity index (χ0) is 18.7. The van der Waals surface area contributed by atoms with Gasteiger partial charge in [-0.1, -0.05) is 17.7 Å². The maximum atomic E-state index is 13.8. The lowest BCUT2D eigenvalue weighted by Crippen LogP contribution is -2.59. The monoisotopic (exact) mass is 378 g/mol. The van der Waals surface area contributed by atoms with E-state index in [0.717, 1.165) is 12.1 Å². The number of hydrogen-bond donors (Lipinski definition) is 5. The van der Waals surface area contributed by atoms with Gasteiger partial charge in [0.2, 0.25) is 12.0 Å². The Morgan fingerprint density at radius 2 is 1.96 bits per heavy atom. The van der Waals surface area contributed by atoms with Crippen molar-refractivity contribution in [3.8, 4) is 0 Å². The summed E-state index contributed by atoms with van der Waals surface area (Å²) < 4.78 is 23.9. The van der Waals surface area contributed by atoms with E-state index in [1.807, 2.05) is 0 Å². The van der Waals surface area contributed by atoms with Gasteiger partial charge in [0.1, 0.15) is 30.2 Å². The Kier molecular flexibility index (Phi) is 6.33. The third-order valence-corrected chi connectivity index (χ3v) is 3.91. The molecule has 5 N–H and O–H groups in total. The molecule has 1 aliphatic rings. The smallest absolute Gasteiger partial charge is 0.371 e. The summed E-state index contributed by atoms with van der Waals surface area (Å²) >= 11 is 5.82. The van der Waals surface area contributed by atoms with Crippen molar-refractivity contribution in [1.82, 2.24) is 0 Å². The molecular weight excluding hydrogens is 363 g/mol. The number of benzene rings is 1. The maximum Gasteiger partial charge on any atom is 0.371 e. The third-order valence-electron chi connectivity index (χ3n) is 3.58. The predicted octanol–water partition coefficient (Wildman–Crippen LogP) is -0.279. The summed E-state index contributed by atoms with van der Waals surface area (Å²) in [5, 5.41) is 47.5. The van der Waals surface area contributed by atoms with Gasteiger partial charge in [-0.25, -0.2) is 9.18 Å². The van der Waals surface area contributed by atoms with Crippen LogP contribution in [0.1, 0.15) is 5.56 Å². The Balaban J connectivity index is 2.30. The topological polar surface area (TPSA) is 137 Å². The Morgan fingerprint density at radius 1 is 1.28 bits per heavy atom. The van der Waals surface area contributed by atoms with Gasteiger partial charge in [-0.2, -0.15) is 0 Å². The molecule has 138 valence electrons. The molecule has 1 aliphatic heterocycles. The van der Waals surface area contributed by atoms with Gasteiger partial charge in [0.25, 0.3) is 0 Å². The molecule has 0 aromatic heterocycles. The average Bonchev–Trinajstić information content (AvgIpc) is 2.57. The van der Waals surface area contributed by atoms with Crippen LogP contribution in [0.15, 0.2) is 24.0 Å². The Hall–Kier alpha value is -1.75. The highest BCUT2D eigenvalue weighted by atomic mass is 35.5. The number of halogens is 2. The van der Waals surface area contributed by atoms with Crippen LogP contribution >= 0.6 is 11.6 Å². The molecule has 1 aromatic rings. The quantitative estimate of drug-likeness (QED) is 0.348. The highest BCUT2D eigenvalue weighted by molar-refractivity contribution is 6.32. The van der Waals surface area contributed by atoms with E-state index in [1.54, 1.807) is 0 Å². The number of rotatable bonds is 5. The molecule has 1 fully saturated rings. The summed E-state index contributed by atoms with van der Waals surface area (Å²) in [5.41, 5.74) is -0.258. The second-order valence-electron chi connectivity index (χ2n) is 5.26. The first kappa shape index (κ1) is 19.6. The number of carbonyl (C=O) groups is 1. The highest BCUT2D eigenvalue weighted by Gasteiger charge is 2.45. The van der Waals surface area contributed by atoms with Crippen LogP contribution in [0.25, 0.3) is 6.08 Å². The van der Waals surface area contributed by atoms with Gasteiger partial charge in [0.05, 0.1) is 11.6 Å². The minimum absolute atomic E-state index is 0.0730. The Labute approximate surface area is 146 Å². The van der Waals surface area contributed by atoms with Crippen molar-refractivity contribution in [2.45, 2.75) is 30.7 Å². The SMILES string of the molecule is O=C(O)C(=Cc1c(F)cccc1Cl)O[C@H]1O[C@@H](CO)[C@@H](O)[C@@H](O)[C@@H]1O. The molecule has 0 amide bonds. The summed E-state index contributed by atoms with van der Waals surface area (Å²) in [6.45, 7) is -0.712. The summed E-state index contributed by atoms with van der Waals surface area (Å²) in [6.07, 6.45) is -7.39. The van der Waals surface area contributed by atoms with E-state index >= 15 is 0 Å². The molecule has 0 unspecified atom stereocenters. The number of ether oxygens (including phenoxy) is 2. The van der Waals surface area contributed by atoms with Crippen LogP contribution in [-0.2, 0) is 14.3 Å². The van der Waals surface area contributed by atoms with Gasteiger partial charge in [-0.15, -0.1) is 0 Å². The molecule has 1 saturated heterocycles. The van der Waals surface area contributed by atoms with Gasteiger partial charge in [0, 0.05) is 5.56 Å². The second-order valence-corrected chi connectivity index (χ2v) is 5.67. The first-order valence-electron chi connectivity index (χ1n) is 7.12. The molecule has 1 heterocycles. The normalized spacial score (nSPS) is 30.2. The van der Waals surface area contributed by atoms with E-state index in [-0.39, 0.29) is 10.6 Å². The molecule has 0 bridgehead atoms. The fourth-order valence-electron chi connectivity index (χ4n) is 2.22. The molecule has 0 spiro atoms. The van der Waals surface area contributed by atoms with Gasteiger partial charge < -0.3 is 35.0 Å². The van der Waals surface area contributed by atoms with Crippen molar-refractivity contribution in [2.75, 3.05) is 6.61 Å². The lowest BCUT2D eigenvalue weighted by Gasteiger charge is -2.39. The van der Waals surface area contributed by atoms with Crippen LogP contribution in [0.4, 0.5) is 4.39 Å². The fourth-order valence-corrected chi connectivity index (χ4v) is 2.43. The molecule has 0 radical (unpaired) electrons. The Bertz CT molecular complexity index is 645. The van der Waals surface area contributed by atoms with Crippen molar-refractivity contribution in [3.63, 3.8) is 0 Å². The second kappa shape index (κ2) is 8.09. The first-order valence-corrected chi connectivity index (χ1v) is 7.50. The van der Waals surface area contributed by atoms with Crippen LogP contribution in [0.3, 0.4) is 0 Å².